The van der Waals surface area contributed by atoms with Crippen LogP contribution in [0.1, 0.15) is 38.3 Å². The largest absolute Gasteiger partial charge is 0.469 e. The Morgan fingerprint density at radius 1 is 1.30 bits per heavy atom. The summed E-state index contributed by atoms with van der Waals surface area (Å²) < 4.78 is 4.95. The fourth-order valence-corrected chi connectivity index (χ4v) is 3.45. The van der Waals surface area contributed by atoms with Gasteiger partial charge in [-0.3, -0.25) is 14.5 Å². The highest BCUT2D eigenvalue weighted by atomic mass is 16.5. The lowest BCUT2D eigenvalue weighted by atomic mass is 9.74. The highest BCUT2D eigenvalue weighted by Crippen LogP contribution is 2.37. The van der Waals surface area contributed by atoms with Gasteiger partial charge in [0.05, 0.1) is 12.5 Å². The van der Waals surface area contributed by atoms with Crippen molar-refractivity contribution >= 4 is 11.9 Å². The van der Waals surface area contributed by atoms with Gasteiger partial charge in [-0.15, -0.1) is 0 Å². The highest BCUT2D eigenvalue weighted by molar-refractivity contribution is 5.81. The van der Waals surface area contributed by atoms with Crippen LogP contribution in [0, 0.1) is 11.3 Å². The maximum atomic E-state index is 12.1. The molecule has 0 aromatic heterocycles. The Balaban J connectivity index is 2.22. The number of carbonyl (C=O) groups excluding carboxylic acids is 2. The van der Waals surface area contributed by atoms with Crippen LogP contribution in [0.5, 0.6) is 0 Å². The van der Waals surface area contributed by atoms with Gasteiger partial charge in [0.15, 0.2) is 0 Å². The van der Waals surface area contributed by atoms with E-state index in [9.17, 15) is 9.59 Å². The van der Waals surface area contributed by atoms with E-state index < -0.39 is 11.5 Å². The molecular formula is C18H26N2O3. The predicted molar refractivity (Wildman–Crippen MR) is 88.5 cm³/mol. The molecule has 5 nitrogen and oxygen atoms in total. The molecule has 5 heteroatoms. The third-order valence-electron chi connectivity index (χ3n) is 4.93. The Hall–Kier alpha value is -1.88. The van der Waals surface area contributed by atoms with Gasteiger partial charge in [0.25, 0.3) is 0 Å². The molecule has 126 valence electrons. The van der Waals surface area contributed by atoms with Crippen molar-refractivity contribution in [2.45, 2.75) is 32.7 Å². The number of primary amides is 1. The molecule has 1 aliphatic rings. The van der Waals surface area contributed by atoms with Crippen LogP contribution < -0.4 is 5.73 Å². The number of carbonyl (C=O) groups is 2. The molecule has 2 atom stereocenters. The lowest BCUT2D eigenvalue weighted by Gasteiger charge is -2.42. The van der Waals surface area contributed by atoms with Crippen LogP contribution in [0.3, 0.4) is 0 Å². The molecule has 1 fully saturated rings. The molecule has 0 unspecified atom stereocenters. The second-order valence-electron chi connectivity index (χ2n) is 6.76. The number of piperidine rings is 1. The van der Waals surface area contributed by atoms with E-state index in [-0.39, 0.29) is 17.8 Å². The van der Waals surface area contributed by atoms with Gasteiger partial charge < -0.3 is 10.5 Å². The molecule has 1 heterocycles. The minimum atomic E-state index is -0.577. The molecule has 1 aromatic rings. The van der Waals surface area contributed by atoms with E-state index in [0.29, 0.717) is 6.54 Å². The summed E-state index contributed by atoms with van der Waals surface area (Å²) in [6.07, 6.45) is 1.88. The number of nitrogens with zero attached hydrogens (tertiary/aromatic N) is 1. The van der Waals surface area contributed by atoms with Gasteiger partial charge >= 0.3 is 5.97 Å². The maximum absolute atomic E-state index is 12.1. The van der Waals surface area contributed by atoms with Crippen molar-refractivity contribution in [3.05, 3.63) is 35.9 Å². The van der Waals surface area contributed by atoms with Crippen LogP contribution in [0.25, 0.3) is 0 Å². The van der Waals surface area contributed by atoms with E-state index in [1.165, 1.54) is 7.11 Å². The third-order valence-corrected chi connectivity index (χ3v) is 4.93. The van der Waals surface area contributed by atoms with Crippen LogP contribution in [0.2, 0.25) is 0 Å². The van der Waals surface area contributed by atoms with Gasteiger partial charge in [-0.05, 0) is 44.7 Å². The smallest absolute Gasteiger partial charge is 0.311 e. The predicted octanol–water partition coefficient (Wildman–Crippen LogP) is 2.12. The van der Waals surface area contributed by atoms with Crippen LogP contribution in [-0.2, 0) is 14.3 Å². The Kier molecular flexibility index (Phi) is 5.42. The molecule has 2 N–H and O–H groups in total. The van der Waals surface area contributed by atoms with Crippen molar-refractivity contribution in [1.29, 1.82) is 0 Å². The van der Waals surface area contributed by atoms with Gasteiger partial charge in [0, 0.05) is 6.54 Å². The first-order valence-electron chi connectivity index (χ1n) is 8.04. The Labute approximate surface area is 137 Å². The van der Waals surface area contributed by atoms with Gasteiger partial charge in [-0.1, -0.05) is 30.3 Å². The first-order chi connectivity index (χ1) is 10.9. The minimum absolute atomic E-state index is 0.134. The molecule has 0 bridgehead atoms. The zero-order valence-corrected chi connectivity index (χ0v) is 14.1. The number of rotatable bonds is 5. The van der Waals surface area contributed by atoms with E-state index in [1.54, 1.807) is 0 Å². The SMILES string of the molecule is COC(=O)C(C)(C)[C@H]1CCCN([C@H](C(N)=O)c2ccccc2)C1. The number of hydrogen-bond donors (Lipinski definition) is 1. The van der Waals surface area contributed by atoms with Crippen molar-refractivity contribution < 1.29 is 14.3 Å². The molecule has 1 aromatic carbocycles. The van der Waals surface area contributed by atoms with E-state index in [2.05, 4.69) is 4.90 Å². The minimum Gasteiger partial charge on any atom is -0.469 e. The molecule has 0 radical (unpaired) electrons. The lowest BCUT2D eigenvalue weighted by molar-refractivity contribution is -0.155. The number of ether oxygens (including phenoxy) is 1. The van der Waals surface area contributed by atoms with E-state index in [4.69, 9.17) is 10.5 Å². The third kappa shape index (κ3) is 3.72. The molecule has 1 aliphatic heterocycles. The van der Waals surface area contributed by atoms with E-state index in [1.807, 2.05) is 44.2 Å². The second kappa shape index (κ2) is 7.13. The van der Waals surface area contributed by atoms with Crippen LogP contribution >= 0.6 is 0 Å². The lowest BCUT2D eigenvalue weighted by Crippen LogP contribution is -2.48. The average Bonchev–Trinajstić information content (AvgIpc) is 2.55. The van der Waals surface area contributed by atoms with Crippen molar-refractivity contribution in [3.63, 3.8) is 0 Å². The number of nitrogens with two attached hydrogens (primary N) is 1. The standard InChI is InChI=1S/C18H26N2O3/c1-18(2,17(22)23-3)14-10-7-11-20(12-14)15(16(19)21)13-8-5-4-6-9-13/h4-6,8-9,14-15H,7,10-12H2,1-3H3,(H2,19,21)/t14-,15-/m0/s1. The maximum Gasteiger partial charge on any atom is 0.311 e. The van der Waals surface area contributed by atoms with Crippen LogP contribution in [-0.4, -0.2) is 37.0 Å². The number of benzene rings is 1. The summed E-state index contributed by atoms with van der Waals surface area (Å²) in [6.45, 7) is 5.28. The molecular weight excluding hydrogens is 292 g/mol. The summed E-state index contributed by atoms with van der Waals surface area (Å²) in [4.78, 5) is 26.2. The van der Waals surface area contributed by atoms with Crippen molar-refractivity contribution in [2.75, 3.05) is 20.2 Å². The topological polar surface area (TPSA) is 72.6 Å². The summed E-state index contributed by atoms with van der Waals surface area (Å²) in [5.74, 6) is -0.429. The number of esters is 1. The van der Waals surface area contributed by atoms with Crippen LogP contribution in [0.15, 0.2) is 30.3 Å². The number of likely N-dealkylation sites (tertiary alicyclic amines) is 1. The van der Waals surface area contributed by atoms with Crippen molar-refractivity contribution in [1.82, 2.24) is 4.90 Å². The normalized spacial score (nSPS) is 20.7. The fourth-order valence-electron chi connectivity index (χ4n) is 3.45. The Bertz CT molecular complexity index is 557. The molecule has 23 heavy (non-hydrogen) atoms. The number of hydrogen-bond acceptors (Lipinski definition) is 4. The molecule has 0 aliphatic carbocycles. The first-order valence-corrected chi connectivity index (χ1v) is 8.04. The molecule has 1 amide bonds. The molecule has 1 saturated heterocycles. The summed E-state index contributed by atoms with van der Waals surface area (Å²) in [5, 5.41) is 0. The van der Waals surface area contributed by atoms with E-state index in [0.717, 1.165) is 24.9 Å². The molecule has 0 spiro atoms. The zero-order valence-electron chi connectivity index (χ0n) is 14.1. The zero-order chi connectivity index (χ0) is 17.0. The van der Waals surface area contributed by atoms with Crippen molar-refractivity contribution in [3.8, 4) is 0 Å². The van der Waals surface area contributed by atoms with Gasteiger partial charge in [-0.2, -0.15) is 0 Å². The Morgan fingerprint density at radius 2 is 1.96 bits per heavy atom. The van der Waals surface area contributed by atoms with Crippen LogP contribution in [0.4, 0.5) is 0 Å². The fraction of sp³-hybridized carbons (Fsp3) is 0.556. The molecule has 2 rings (SSSR count). The summed E-state index contributed by atoms with van der Waals surface area (Å²) in [5.41, 5.74) is 5.99. The first kappa shape index (κ1) is 17.5. The van der Waals surface area contributed by atoms with Crippen molar-refractivity contribution in [2.24, 2.45) is 17.1 Å². The number of amides is 1. The quantitative estimate of drug-likeness (QED) is 0.844. The van der Waals surface area contributed by atoms with E-state index >= 15 is 0 Å². The second-order valence-corrected chi connectivity index (χ2v) is 6.76. The molecule has 0 saturated carbocycles. The number of methoxy groups -OCH3 is 1. The van der Waals surface area contributed by atoms with Gasteiger partial charge in [-0.25, -0.2) is 0 Å². The average molecular weight is 318 g/mol. The Morgan fingerprint density at radius 3 is 2.52 bits per heavy atom. The van der Waals surface area contributed by atoms with Gasteiger partial charge in [0.1, 0.15) is 6.04 Å². The summed E-state index contributed by atoms with van der Waals surface area (Å²) in [7, 11) is 1.42. The highest BCUT2D eigenvalue weighted by Gasteiger charge is 2.42. The summed E-state index contributed by atoms with van der Waals surface area (Å²) >= 11 is 0. The summed E-state index contributed by atoms with van der Waals surface area (Å²) in [6, 6.07) is 9.12. The van der Waals surface area contributed by atoms with Gasteiger partial charge in [0.2, 0.25) is 5.91 Å². The monoisotopic (exact) mass is 318 g/mol.